The van der Waals surface area contributed by atoms with Gasteiger partial charge in [0.2, 0.25) is 5.91 Å². The maximum Gasteiger partial charge on any atom is 0.238 e. The Hall–Kier alpha value is -0.870. The average molecular weight is 292 g/mol. The summed E-state index contributed by atoms with van der Waals surface area (Å²) in [6.07, 6.45) is 6.30. The highest BCUT2D eigenvalue weighted by Crippen LogP contribution is 2.36. The second-order valence-electron chi connectivity index (χ2n) is 6.12. The minimum atomic E-state index is 0.115. The zero-order valence-electron chi connectivity index (χ0n) is 12.4. The number of hydrogen-bond acceptors (Lipinski definition) is 3. The van der Waals surface area contributed by atoms with Crippen molar-refractivity contribution in [3.05, 3.63) is 21.9 Å². The van der Waals surface area contributed by atoms with Crippen molar-refractivity contribution >= 4 is 17.2 Å². The average Bonchev–Trinajstić information content (AvgIpc) is 3.05. The van der Waals surface area contributed by atoms with Gasteiger partial charge in [-0.05, 0) is 50.7 Å². The van der Waals surface area contributed by atoms with Crippen LogP contribution in [0.4, 0.5) is 0 Å². The molecule has 1 unspecified atom stereocenters. The summed E-state index contributed by atoms with van der Waals surface area (Å²) in [7, 11) is 0. The van der Waals surface area contributed by atoms with Gasteiger partial charge in [0, 0.05) is 15.8 Å². The van der Waals surface area contributed by atoms with Gasteiger partial charge in [-0.2, -0.15) is 0 Å². The van der Waals surface area contributed by atoms with Gasteiger partial charge in [0.05, 0.1) is 6.54 Å². The van der Waals surface area contributed by atoms with Crippen LogP contribution in [0.3, 0.4) is 0 Å². The van der Waals surface area contributed by atoms with Gasteiger partial charge in [0.25, 0.3) is 0 Å². The van der Waals surface area contributed by atoms with Crippen molar-refractivity contribution in [2.45, 2.75) is 58.2 Å². The number of nitrogens with zero attached hydrogens (tertiary/aromatic N) is 1. The second-order valence-corrected chi connectivity index (χ2v) is 7.44. The molecular formula is C16H24N2OS. The van der Waals surface area contributed by atoms with Crippen LogP contribution in [0.1, 0.15) is 54.9 Å². The molecule has 1 N–H and O–H groups in total. The van der Waals surface area contributed by atoms with E-state index in [4.69, 9.17) is 0 Å². The fraction of sp³-hybridized carbons (Fsp3) is 0.688. The lowest BCUT2D eigenvalue weighted by molar-refractivity contribution is -0.131. The maximum atomic E-state index is 12.3. The van der Waals surface area contributed by atoms with Gasteiger partial charge in [-0.15, -0.1) is 11.3 Å². The molecule has 110 valence electrons. The van der Waals surface area contributed by atoms with Crippen LogP contribution in [-0.2, 0) is 4.79 Å². The van der Waals surface area contributed by atoms with Crippen LogP contribution in [0.25, 0.3) is 0 Å². The van der Waals surface area contributed by atoms with Crippen molar-refractivity contribution in [2.24, 2.45) is 5.92 Å². The minimum Gasteiger partial charge on any atom is -0.318 e. The molecule has 0 aromatic carbocycles. The van der Waals surface area contributed by atoms with Crippen LogP contribution in [0, 0.1) is 12.8 Å². The highest BCUT2D eigenvalue weighted by molar-refractivity contribution is 7.12. The summed E-state index contributed by atoms with van der Waals surface area (Å²) in [5, 5.41) is 3.40. The smallest absolute Gasteiger partial charge is 0.238 e. The van der Waals surface area contributed by atoms with Gasteiger partial charge >= 0.3 is 0 Å². The van der Waals surface area contributed by atoms with Crippen molar-refractivity contribution in [3.8, 4) is 0 Å². The Labute approximate surface area is 125 Å². The first-order valence-corrected chi connectivity index (χ1v) is 8.61. The first kappa shape index (κ1) is 14.1. The topological polar surface area (TPSA) is 32.3 Å². The molecule has 0 bridgehead atoms. The summed E-state index contributed by atoms with van der Waals surface area (Å²) < 4.78 is 0. The lowest BCUT2D eigenvalue weighted by atomic mass is 9.84. The highest BCUT2D eigenvalue weighted by atomic mass is 32.1. The number of nitrogens with one attached hydrogen (secondary N) is 1. The van der Waals surface area contributed by atoms with Gasteiger partial charge in [-0.25, -0.2) is 0 Å². The van der Waals surface area contributed by atoms with Crippen molar-refractivity contribution in [1.29, 1.82) is 0 Å². The highest BCUT2D eigenvalue weighted by Gasteiger charge is 2.38. The third-order valence-electron chi connectivity index (χ3n) is 4.83. The van der Waals surface area contributed by atoms with Crippen LogP contribution in [0.5, 0.6) is 0 Å². The minimum absolute atomic E-state index is 0.115. The zero-order chi connectivity index (χ0) is 14.1. The third kappa shape index (κ3) is 2.63. The van der Waals surface area contributed by atoms with Crippen molar-refractivity contribution < 1.29 is 4.79 Å². The van der Waals surface area contributed by atoms with E-state index in [1.54, 1.807) is 11.3 Å². The Morgan fingerprint density at radius 2 is 2.05 bits per heavy atom. The van der Waals surface area contributed by atoms with Gasteiger partial charge in [0.15, 0.2) is 0 Å². The van der Waals surface area contributed by atoms with E-state index in [2.05, 4.69) is 36.2 Å². The molecule has 1 amide bonds. The molecule has 1 atom stereocenters. The van der Waals surface area contributed by atoms with Crippen LogP contribution >= 0.6 is 11.3 Å². The Morgan fingerprint density at radius 1 is 1.30 bits per heavy atom. The Morgan fingerprint density at radius 3 is 2.65 bits per heavy atom. The first-order valence-electron chi connectivity index (χ1n) is 7.80. The van der Waals surface area contributed by atoms with E-state index in [0.29, 0.717) is 12.6 Å². The van der Waals surface area contributed by atoms with E-state index in [1.807, 2.05) is 0 Å². The molecule has 2 fully saturated rings. The monoisotopic (exact) mass is 292 g/mol. The molecule has 20 heavy (non-hydrogen) atoms. The summed E-state index contributed by atoms with van der Waals surface area (Å²) in [5.41, 5.74) is 0. The van der Waals surface area contributed by atoms with Gasteiger partial charge in [-0.1, -0.05) is 13.3 Å². The number of carbonyl (C=O) groups excluding carboxylic acids is 1. The quantitative estimate of drug-likeness (QED) is 0.925. The van der Waals surface area contributed by atoms with Crippen molar-refractivity contribution in [3.63, 3.8) is 0 Å². The van der Waals surface area contributed by atoms with Gasteiger partial charge in [-0.3, -0.25) is 10.1 Å². The molecule has 1 saturated carbocycles. The summed E-state index contributed by atoms with van der Waals surface area (Å²) >= 11 is 1.80. The van der Waals surface area contributed by atoms with E-state index < -0.39 is 0 Å². The largest absolute Gasteiger partial charge is 0.318 e. The van der Waals surface area contributed by atoms with E-state index in [-0.39, 0.29) is 12.1 Å². The van der Waals surface area contributed by atoms with Crippen LogP contribution in [-0.4, -0.2) is 23.4 Å². The van der Waals surface area contributed by atoms with E-state index in [0.717, 1.165) is 5.92 Å². The number of amides is 1. The molecule has 3 nitrogen and oxygen atoms in total. The fourth-order valence-electron chi connectivity index (χ4n) is 3.60. The van der Waals surface area contributed by atoms with Crippen LogP contribution in [0.15, 0.2) is 12.1 Å². The summed E-state index contributed by atoms with van der Waals surface area (Å²) in [5.74, 6) is 1.15. The number of carbonyl (C=O) groups is 1. The third-order valence-corrected chi connectivity index (χ3v) is 5.88. The zero-order valence-corrected chi connectivity index (χ0v) is 13.2. The summed E-state index contributed by atoms with van der Waals surface area (Å²) in [6.45, 7) is 4.90. The molecule has 1 aliphatic heterocycles. The second kappa shape index (κ2) is 5.86. The standard InChI is InChI=1S/C16H24N2OS/c1-3-12-5-7-13(8-6-12)18-15(19)10-17-16(18)14-9-4-11(2)20-14/h4,9,12-13,16-17H,3,5-8,10H2,1-2H3. The first-order chi connectivity index (χ1) is 9.69. The van der Waals surface area contributed by atoms with E-state index in [9.17, 15) is 4.79 Å². The molecular weight excluding hydrogens is 268 g/mol. The van der Waals surface area contributed by atoms with E-state index in [1.165, 1.54) is 41.9 Å². The maximum absolute atomic E-state index is 12.3. The molecule has 4 heteroatoms. The Bertz CT molecular complexity index is 477. The summed E-state index contributed by atoms with van der Waals surface area (Å²) in [4.78, 5) is 17.0. The Balaban J connectivity index is 1.74. The predicted molar refractivity (Wildman–Crippen MR) is 82.7 cm³/mol. The lowest BCUT2D eigenvalue weighted by Gasteiger charge is -2.37. The number of rotatable bonds is 3. The normalized spacial score (nSPS) is 31.0. The van der Waals surface area contributed by atoms with E-state index >= 15 is 0 Å². The Kier molecular flexibility index (Phi) is 4.13. The molecule has 0 spiro atoms. The molecule has 2 heterocycles. The fourth-order valence-corrected chi connectivity index (χ4v) is 4.55. The molecule has 1 aromatic heterocycles. The summed E-state index contributed by atoms with van der Waals surface area (Å²) in [6, 6.07) is 4.75. The predicted octanol–water partition coefficient (Wildman–Crippen LogP) is 3.46. The van der Waals surface area contributed by atoms with Crippen molar-refractivity contribution in [1.82, 2.24) is 10.2 Å². The molecule has 3 rings (SSSR count). The molecule has 0 radical (unpaired) electrons. The lowest BCUT2D eigenvalue weighted by Crippen LogP contribution is -2.41. The molecule has 1 aromatic rings. The number of hydrogen-bond donors (Lipinski definition) is 1. The van der Waals surface area contributed by atoms with Crippen LogP contribution in [0.2, 0.25) is 0 Å². The molecule has 2 aliphatic rings. The van der Waals surface area contributed by atoms with Crippen molar-refractivity contribution in [2.75, 3.05) is 6.54 Å². The molecule has 1 saturated heterocycles. The number of aryl methyl sites for hydroxylation is 1. The van der Waals surface area contributed by atoms with Gasteiger partial charge in [0.1, 0.15) is 6.17 Å². The van der Waals surface area contributed by atoms with Gasteiger partial charge < -0.3 is 4.90 Å². The van der Waals surface area contributed by atoms with Crippen LogP contribution < -0.4 is 5.32 Å². The molecule has 1 aliphatic carbocycles. The number of thiophene rings is 1. The SMILES string of the molecule is CCC1CCC(N2C(=O)CNC2c2ccc(C)s2)CC1.